The quantitative estimate of drug-likeness (QED) is 0.258. The average molecular weight is 449 g/mol. The highest BCUT2D eigenvalue weighted by atomic mass is 16.5. The third kappa shape index (κ3) is 5.93. The van der Waals surface area contributed by atoms with Crippen molar-refractivity contribution in [3.8, 4) is 28.0 Å². The van der Waals surface area contributed by atoms with Crippen LogP contribution in [-0.2, 0) is 6.42 Å². The molecule has 0 spiro atoms. The van der Waals surface area contributed by atoms with Gasteiger partial charge < -0.3 is 10.1 Å². The number of ether oxygens (including phenoxy) is 1. The Morgan fingerprint density at radius 1 is 0.882 bits per heavy atom. The van der Waals surface area contributed by atoms with Gasteiger partial charge in [0.2, 0.25) is 0 Å². The molecule has 0 radical (unpaired) electrons. The number of pyridine rings is 1. The van der Waals surface area contributed by atoms with Crippen molar-refractivity contribution >= 4 is 5.70 Å². The second-order valence-corrected chi connectivity index (χ2v) is 8.58. The summed E-state index contributed by atoms with van der Waals surface area (Å²) in [6.07, 6.45) is 7.02. The van der Waals surface area contributed by atoms with Gasteiger partial charge in [-0.05, 0) is 83.8 Å². The molecule has 0 atom stereocenters. The minimum Gasteiger partial charge on any atom is -0.497 e. The van der Waals surface area contributed by atoms with Gasteiger partial charge in [-0.3, -0.25) is 4.98 Å². The lowest BCUT2D eigenvalue weighted by atomic mass is 9.92. The Morgan fingerprint density at radius 2 is 1.62 bits per heavy atom. The molecule has 1 N–H and O–H groups in total. The first-order chi connectivity index (χ1) is 16.6. The largest absolute Gasteiger partial charge is 0.497 e. The SMILES string of the molecule is C=C(NCCCCc1cccnc1)c1ccc(-c2ccc(C)cc2)c(-c2ccc(OC)cc2)c1. The summed E-state index contributed by atoms with van der Waals surface area (Å²) in [4.78, 5) is 4.19. The fourth-order valence-electron chi connectivity index (χ4n) is 4.07. The molecule has 172 valence electrons. The summed E-state index contributed by atoms with van der Waals surface area (Å²) in [5.41, 5.74) is 9.35. The fraction of sp³-hybridized carbons (Fsp3) is 0.194. The van der Waals surface area contributed by atoms with Crippen LogP contribution in [0.25, 0.3) is 28.0 Å². The number of aromatic nitrogens is 1. The molecule has 3 aromatic carbocycles. The molecule has 0 bridgehead atoms. The van der Waals surface area contributed by atoms with E-state index in [1.807, 2.05) is 30.6 Å². The van der Waals surface area contributed by atoms with Crippen molar-refractivity contribution in [1.82, 2.24) is 10.3 Å². The first-order valence-corrected chi connectivity index (χ1v) is 11.8. The molecule has 34 heavy (non-hydrogen) atoms. The average Bonchev–Trinajstić information content (AvgIpc) is 2.89. The molecular weight excluding hydrogens is 416 g/mol. The van der Waals surface area contributed by atoms with Gasteiger partial charge in [0.25, 0.3) is 0 Å². The molecule has 1 heterocycles. The standard InChI is InChI=1S/C31H32N2O/c1-23-9-11-26(12-10-23)30-18-15-28(21-31(30)27-13-16-29(34-3)17-14-27)24(2)33-20-5-4-7-25-8-6-19-32-22-25/h6,8-19,21-22,33H,2,4-5,7,20H2,1,3H3. The molecular formula is C31H32N2O. The number of hydrogen-bond acceptors (Lipinski definition) is 3. The first-order valence-electron chi connectivity index (χ1n) is 11.8. The van der Waals surface area contributed by atoms with E-state index in [9.17, 15) is 0 Å². The van der Waals surface area contributed by atoms with E-state index in [1.54, 1.807) is 7.11 Å². The Morgan fingerprint density at radius 3 is 2.32 bits per heavy atom. The van der Waals surface area contributed by atoms with Gasteiger partial charge in [-0.25, -0.2) is 0 Å². The monoisotopic (exact) mass is 448 g/mol. The van der Waals surface area contributed by atoms with Crippen LogP contribution in [0.3, 0.4) is 0 Å². The van der Waals surface area contributed by atoms with E-state index in [1.165, 1.54) is 27.8 Å². The topological polar surface area (TPSA) is 34.2 Å². The molecule has 0 saturated carbocycles. The van der Waals surface area contributed by atoms with Gasteiger partial charge in [-0.15, -0.1) is 0 Å². The Labute approximate surface area is 203 Å². The third-order valence-corrected chi connectivity index (χ3v) is 6.09. The summed E-state index contributed by atoms with van der Waals surface area (Å²) >= 11 is 0. The zero-order valence-corrected chi connectivity index (χ0v) is 20.1. The van der Waals surface area contributed by atoms with E-state index in [4.69, 9.17) is 4.74 Å². The van der Waals surface area contributed by atoms with Crippen molar-refractivity contribution in [2.24, 2.45) is 0 Å². The lowest BCUT2D eigenvalue weighted by Crippen LogP contribution is -2.13. The molecule has 0 aliphatic rings. The summed E-state index contributed by atoms with van der Waals surface area (Å²) in [5, 5.41) is 3.52. The number of nitrogens with one attached hydrogen (secondary N) is 1. The van der Waals surface area contributed by atoms with Crippen LogP contribution in [-0.4, -0.2) is 18.6 Å². The van der Waals surface area contributed by atoms with Gasteiger partial charge in [0, 0.05) is 24.6 Å². The van der Waals surface area contributed by atoms with Crippen molar-refractivity contribution in [3.63, 3.8) is 0 Å². The zero-order chi connectivity index (χ0) is 23.8. The van der Waals surface area contributed by atoms with Crippen molar-refractivity contribution in [3.05, 3.63) is 115 Å². The van der Waals surface area contributed by atoms with Gasteiger partial charge in [0.05, 0.1) is 7.11 Å². The van der Waals surface area contributed by atoms with Crippen LogP contribution in [0.5, 0.6) is 5.75 Å². The van der Waals surface area contributed by atoms with Gasteiger partial charge >= 0.3 is 0 Å². The van der Waals surface area contributed by atoms with Crippen LogP contribution >= 0.6 is 0 Å². The van der Waals surface area contributed by atoms with Crippen molar-refractivity contribution in [2.75, 3.05) is 13.7 Å². The molecule has 0 unspecified atom stereocenters. The van der Waals surface area contributed by atoms with E-state index in [-0.39, 0.29) is 0 Å². The highest BCUT2D eigenvalue weighted by molar-refractivity contribution is 5.86. The van der Waals surface area contributed by atoms with Gasteiger partial charge in [0.1, 0.15) is 5.75 Å². The lowest BCUT2D eigenvalue weighted by molar-refractivity contribution is 0.415. The maximum absolute atomic E-state index is 5.36. The number of aryl methyl sites for hydroxylation is 2. The Hall–Kier alpha value is -3.85. The molecule has 4 rings (SSSR count). The third-order valence-electron chi connectivity index (χ3n) is 6.09. The van der Waals surface area contributed by atoms with Crippen LogP contribution in [0.15, 0.2) is 97.8 Å². The number of unbranched alkanes of at least 4 members (excludes halogenated alkanes) is 1. The van der Waals surface area contributed by atoms with Crippen LogP contribution in [0.1, 0.15) is 29.5 Å². The van der Waals surface area contributed by atoms with E-state index < -0.39 is 0 Å². The van der Waals surface area contributed by atoms with Crippen molar-refractivity contribution in [1.29, 1.82) is 0 Å². The second-order valence-electron chi connectivity index (χ2n) is 8.58. The predicted octanol–water partition coefficient (Wildman–Crippen LogP) is 7.32. The van der Waals surface area contributed by atoms with E-state index >= 15 is 0 Å². The highest BCUT2D eigenvalue weighted by Crippen LogP contribution is 2.35. The molecule has 0 saturated heterocycles. The molecule has 3 heteroatoms. The van der Waals surface area contributed by atoms with Crippen molar-refractivity contribution < 1.29 is 4.74 Å². The normalized spacial score (nSPS) is 10.6. The number of methoxy groups -OCH3 is 1. The summed E-state index contributed by atoms with van der Waals surface area (Å²) in [6.45, 7) is 7.33. The molecule has 0 aliphatic heterocycles. The summed E-state index contributed by atoms with van der Waals surface area (Å²) in [5.74, 6) is 0.856. The number of benzene rings is 3. The number of hydrogen-bond donors (Lipinski definition) is 1. The van der Waals surface area contributed by atoms with Gasteiger partial charge in [-0.1, -0.05) is 66.7 Å². The lowest BCUT2D eigenvalue weighted by Gasteiger charge is -2.16. The minimum atomic E-state index is 0.856. The smallest absolute Gasteiger partial charge is 0.118 e. The Kier molecular flexibility index (Phi) is 7.77. The Balaban J connectivity index is 1.49. The summed E-state index contributed by atoms with van der Waals surface area (Å²) in [6, 6.07) is 27.7. The molecule has 1 aromatic heterocycles. The summed E-state index contributed by atoms with van der Waals surface area (Å²) in [7, 11) is 1.69. The second kappa shape index (κ2) is 11.3. The Bertz CT molecular complexity index is 1210. The number of rotatable bonds is 10. The van der Waals surface area contributed by atoms with Crippen LogP contribution in [0.4, 0.5) is 0 Å². The van der Waals surface area contributed by atoms with E-state index in [0.29, 0.717) is 0 Å². The maximum Gasteiger partial charge on any atom is 0.118 e. The molecule has 0 amide bonds. The fourth-order valence-corrected chi connectivity index (χ4v) is 4.07. The zero-order valence-electron chi connectivity index (χ0n) is 20.1. The summed E-state index contributed by atoms with van der Waals surface area (Å²) < 4.78 is 5.36. The predicted molar refractivity (Wildman–Crippen MR) is 143 cm³/mol. The molecule has 0 fully saturated rings. The van der Waals surface area contributed by atoms with E-state index in [0.717, 1.165) is 48.4 Å². The van der Waals surface area contributed by atoms with Crippen molar-refractivity contribution in [2.45, 2.75) is 26.2 Å². The van der Waals surface area contributed by atoms with Crippen LogP contribution in [0, 0.1) is 6.92 Å². The van der Waals surface area contributed by atoms with Gasteiger partial charge in [-0.2, -0.15) is 0 Å². The minimum absolute atomic E-state index is 0.856. The molecule has 0 aliphatic carbocycles. The van der Waals surface area contributed by atoms with Gasteiger partial charge in [0.15, 0.2) is 0 Å². The maximum atomic E-state index is 5.36. The molecule has 3 nitrogen and oxygen atoms in total. The molecule has 4 aromatic rings. The van der Waals surface area contributed by atoms with Crippen LogP contribution < -0.4 is 10.1 Å². The highest BCUT2D eigenvalue weighted by Gasteiger charge is 2.11. The number of nitrogens with zero attached hydrogens (tertiary/aromatic N) is 1. The van der Waals surface area contributed by atoms with E-state index in [2.05, 4.69) is 84.5 Å². The van der Waals surface area contributed by atoms with Crippen LogP contribution in [0.2, 0.25) is 0 Å². The first kappa shape index (κ1) is 23.3.